The van der Waals surface area contributed by atoms with Crippen LogP contribution in [0.1, 0.15) is 74.2 Å². The molecule has 1 aromatic carbocycles. The molecule has 2 fully saturated rings. The first kappa shape index (κ1) is 23.5. The molecule has 2 aromatic rings. The number of aliphatic hydroxyl groups is 1. The molecule has 0 radical (unpaired) electrons. The Labute approximate surface area is 195 Å². The fraction of sp³-hybridized carbons (Fsp3) is 0.640. The number of carbonyl (C=O) groups excluding carboxylic acids is 1. The van der Waals surface area contributed by atoms with E-state index in [4.69, 9.17) is 14.4 Å². The molecule has 1 aliphatic carbocycles. The SMILES string of the molecule is Cc1cc(OCCCC2CCN(c3noc(C4(C)CC4)n3)CC2)ccc1C(=O)NC(C)CO. The number of ether oxygens (including phenoxy) is 1. The first-order chi connectivity index (χ1) is 15.9. The normalized spacial score (nSPS) is 18.7. The first-order valence-corrected chi connectivity index (χ1v) is 12.1. The molecule has 1 saturated heterocycles. The molecule has 8 heteroatoms. The Morgan fingerprint density at radius 1 is 1.36 bits per heavy atom. The second-order valence-electron chi connectivity index (χ2n) is 9.92. The monoisotopic (exact) mass is 456 g/mol. The van der Waals surface area contributed by atoms with Crippen molar-refractivity contribution < 1.29 is 19.2 Å². The number of piperidine rings is 1. The summed E-state index contributed by atoms with van der Waals surface area (Å²) in [5, 5.41) is 16.1. The van der Waals surface area contributed by atoms with Gasteiger partial charge in [0.15, 0.2) is 0 Å². The molecule has 1 unspecified atom stereocenters. The maximum Gasteiger partial charge on any atom is 0.266 e. The van der Waals surface area contributed by atoms with Crippen LogP contribution in [0.2, 0.25) is 0 Å². The van der Waals surface area contributed by atoms with Crippen molar-refractivity contribution in [3.05, 3.63) is 35.2 Å². The van der Waals surface area contributed by atoms with Crippen LogP contribution in [0.15, 0.2) is 22.7 Å². The lowest BCUT2D eigenvalue weighted by Gasteiger charge is -2.30. The second-order valence-corrected chi connectivity index (χ2v) is 9.92. The van der Waals surface area contributed by atoms with Gasteiger partial charge in [0.05, 0.1) is 13.2 Å². The van der Waals surface area contributed by atoms with Gasteiger partial charge in [0, 0.05) is 30.1 Å². The van der Waals surface area contributed by atoms with E-state index in [0.29, 0.717) is 18.1 Å². The quantitative estimate of drug-likeness (QED) is 0.527. The summed E-state index contributed by atoms with van der Waals surface area (Å²) in [7, 11) is 0. The lowest BCUT2D eigenvalue weighted by atomic mass is 9.92. The smallest absolute Gasteiger partial charge is 0.266 e. The topological polar surface area (TPSA) is 101 Å². The van der Waals surface area contributed by atoms with Crippen LogP contribution in [-0.2, 0) is 5.41 Å². The molecular weight excluding hydrogens is 420 g/mol. The van der Waals surface area contributed by atoms with Crippen LogP contribution in [0.3, 0.4) is 0 Å². The predicted octanol–water partition coefficient (Wildman–Crippen LogP) is 3.62. The van der Waals surface area contributed by atoms with E-state index in [2.05, 4.69) is 27.3 Å². The van der Waals surface area contributed by atoms with Gasteiger partial charge < -0.3 is 24.6 Å². The van der Waals surface area contributed by atoms with Crippen molar-refractivity contribution in [1.82, 2.24) is 15.5 Å². The summed E-state index contributed by atoms with van der Waals surface area (Å²) < 4.78 is 11.4. The molecule has 8 nitrogen and oxygen atoms in total. The Balaban J connectivity index is 1.16. The molecule has 2 aliphatic rings. The number of rotatable bonds is 10. The van der Waals surface area contributed by atoms with Gasteiger partial charge in [0.2, 0.25) is 5.89 Å². The first-order valence-electron chi connectivity index (χ1n) is 12.1. The number of anilines is 1. The third-order valence-electron chi connectivity index (χ3n) is 6.95. The lowest BCUT2D eigenvalue weighted by molar-refractivity contribution is 0.0921. The molecule has 2 heterocycles. The fourth-order valence-corrected chi connectivity index (χ4v) is 4.30. The van der Waals surface area contributed by atoms with Gasteiger partial charge in [-0.15, -0.1) is 0 Å². The van der Waals surface area contributed by atoms with E-state index in [1.54, 1.807) is 13.0 Å². The van der Waals surface area contributed by atoms with Crippen molar-refractivity contribution in [2.24, 2.45) is 5.92 Å². The van der Waals surface area contributed by atoms with Gasteiger partial charge in [-0.3, -0.25) is 4.79 Å². The largest absolute Gasteiger partial charge is 0.494 e. The van der Waals surface area contributed by atoms with E-state index >= 15 is 0 Å². The molecule has 0 bridgehead atoms. The summed E-state index contributed by atoms with van der Waals surface area (Å²) in [6, 6.07) is 5.26. The third kappa shape index (κ3) is 5.85. The van der Waals surface area contributed by atoms with Gasteiger partial charge in [-0.2, -0.15) is 4.98 Å². The number of hydrogen-bond donors (Lipinski definition) is 2. The molecule has 1 saturated carbocycles. The van der Waals surface area contributed by atoms with Gasteiger partial charge in [-0.05, 0) is 87.2 Å². The van der Waals surface area contributed by atoms with Crippen molar-refractivity contribution in [2.45, 2.75) is 70.8 Å². The molecule has 2 N–H and O–H groups in total. The zero-order valence-electron chi connectivity index (χ0n) is 20.0. The molecular formula is C25H36N4O4. The zero-order valence-corrected chi connectivity index (χ0v) is 20.0. The number of aromatic nitrogens is 2. The highest BCUT2D eigenvalue weighted by atomic mass is 16.5. The van der Waals surface area contributed by atoms with Crippen LogP contribution in [0.25, 0.3) is 0 Å². The number of amides is 1. The Morgan fingerprint density at radius 2 is 2.12 bits per heavy atom. The van der Waals surface area contributed by atoms with E-state index < -0.39 is 0 Å². The Kier molecular flexibility index (Phi) is 7.22. The Morgan fingerprint density at radius 3 is 2.79 bits per heavy atom. The molecule has 0 spiro atoms. The van der Waals surface area contributed by atoms with Crippen LogP contribution in [0.5, 0.6) is 5.75 Å². The summed E-state index contributed by atoms with van der Waals surface area (Å²) >= 11 is 0. The summed E-state index contributed by atoms with van der Waals surface area (Å²) in [6.45, 7) is 8.38. The van der Waals surface area contributed by atoms with Crippen LogP contribution >= 0.6 is 0 Å². The number of benzene rings is 1. The van der Waals surface area contributed by atoms with Gasteiger partial charge in [-0.25, -0.2) is 0 Å². The van der Waals surface area contributed by atoms with Crippen molar-refractivity contribution in [2.75, 3.05) is 31.2 Å². The number of carbonyl (C=O) groups is 1. The van der Waals surface area contributed by atoms with Crippen LogP contribution in [0, 0.1) is 12.8 Å². The number of aliphatic hydroxyl groups excluding tert-OH is 1. The maximum absolute atomic E-state index is 12.3. The van der Waals surface area contributed by atoms with Crippen molar-refractivity contribution in [1.29, 1.82) is 0 Å². The second kappa shape index (κ2) is 10.1. The third-order valence-corrected chi connectivity index (χ3v) is 6.95. The van der Waals surface area contributed by atoms with Crippen LogP contribution < -0.4 is 15.0 Å². The van der Waals surface area contributed by atoms with E-state index in [1.807, 2.05) is 19.1 Å². The average molecular weight is 457 g/mol. The fourth-order valence-electron chi connectivity index (χ4n) is 4.30. The van der Waals surface area contributed by atoms with Gasteiger partial charge in [-0.1, -0.05) is 6.92 Å². The van der Waals surface area contributed by atoms with E-state index in [-0.39, 0.29) is 24.0 Å². The highest BCUT2D eigenvalue weighted by Gasteiger charge is 2.45. The Bertz CT molecular complexity index is 948. The number of hydrogen-bond acceptors (Lipinski definition) is 7. The highest BCUT2D eigenvalue weighted by molar-refractivity contribution is 5.95. The lowest BCUT2D eigenvalue weighted by Crippen LogP contribution is -2.35. The minimum absolute atomic E-state index is 0.0808. The predicted molar refractivity (Wildman–Crippen MR) is 126 cm³/mol. The molecule has 1 amide bonds. The van der Waals surface area contributed by atoms with Crippen molar-refractivity contribution >= 4 is 11.9 Å². The summed E-state index contributed by atoms with van der Waals surface area (Å²) in [5.74, 6) is 2.84. The van der Waals surface area contributed by atoms with E-state index in [0.717, 1.165) is 74.8 Å². The molecule has 1 atom stereocenters. The van der Waals surface area contributed by atoms with Crippen molar-refractivity contribution in [3.63, 3.8) is 0 Å². The van der Waals surface area contributed by atoms with Gasteiger partial charge in [0.25, 0.3) is 11.9 Å². The maximum atomic E-state index is 12.3. The highest BCUT2D eigenvalue weighted by Crippen LogP contribution is 2.47. The number of nitrogens with one attached hydrogen (secondary N) is 1. The summed E-state index contributed by atoms with van der Waals surface area (Å²) in [4.78, 5) is 19.1. The summed E-state index contributed by atoms with van der Waals surface area (Å²) in [5.41, 5.74) is 1.59. The minimum atomic E-state index is -0.268. The van der Waals surface area contributed by atoms with Crippen molar-refractivity contribution in [3.8, 4) is 5.75 Å². The van der Waals surface area contributed by atoms with E-state index in [1.165, 1.54) is 0 Å². The van der Waals surface area contributed by atoms with Crippen LogP contribution in [0.4, 0.5) is 5.95 Å². The number of aryl methyl sites for hydroxylation is 1. The number of nitrogens with zero attached hydrogens (tertiary/aromatic N) is 3. The molecule has 4 rings (SSSR count). The standard InChI is InChI=1S/C25H36N4O4/c1-17-15-20(6-7-21(17)22(31)26-18(2)16-30)32-14-4-5-19-8-12-29(13-9-19)24-27-23(33-28-24)25(3)10-11-25/h6-7,15,18-19,30H,4-5,8-14,16H2,1-3H3,(H,26,31). The van der Waals surface area contributed by atoms with Gasteiger partial charge >= 0.3 is 0 Å². The zero-order chi connectivity index (χ0) is 23.4. The van der Waals surface area contributed by atoms with Gasteiger partial charge in [0.1, 0.15) is 5.75 Å². The molecule has 1 aliphatic heterocycles. The minimum Gasteiger partial charge on any atom is -0.494 e. The van der Waals surface area contributed by atoms with Crippen LogP contribution in [-0.4, -0.2) is 53.5 Å². The molecule has 1 aromatic heterocycles. The Hall–Kier alpha value is -2.61. The summed E-state index contributed by atoms with van der Waals surface area (Å²) in [6.07, 6.45) is 6.70. The molecule has 33 heavy (non-hydrogen) atoms. The van der Waals surface area contributed by atoms with E-state index in [9.17, 15) is 4.79 Å². The molecule has 180 valence electrons. The average Bonchev–Trinajstić information content (AvgIpc) is 3.36.